The number of piperidine rings is 1. The van der Waals surface area contributed by atoms with Crippen molar-refractivity contribution < 1.29 is 4.79 Å². The van der Waals surface area contributed by atoms with Gasteiger partial charge in [0, 0.05) is 43.7 Å². The molecule has 7 heteroatoms. The lowest BCUT2D eigenvalue weighted by Crippen LogP contribution is -2.41. The second-order valence-corrected chi connectivity index (χ2v) is 8.07. The highest BCUT2D eigenvalue weighted by molar-refractivity contribution is 6.30. The zero-order valence-electron chi connectivity index (χ0n) is 18.0. The van der Waals surface area contributed by atoms with Crippen LogP contribution in [0, 0.1) is 5.92 Å². The Kier molecular flexibility index (Phi) is 10.3. The predicted molar refractivity (Wildman–Crippen MR) is 121 cm³/mol. The summed E-state index contributed by atoms with van der Waals surface area (Å²) < 4.78 is 0. The summed E-state index contributed by atoms with van der Waals surface area (Å²) >= 11 is 6.24. The molecule has 2 unspecified atom stereocenters. The molecule has 0 spiro atoms. The number of benzene rings is 1. The van der Waals surface area contributed by atoms with Crippen LogP contribution >= 0.6 is 11.6 Å². The van der Waals surface area contributed by atoms with Gasteiger partial charge in [-0.15, -0.1) is 0 Å². The van der Waals surface area contributed by atoms with Crippen LogP contribution in [0.25, 0.3) is 0 Å². The standard InChI is InChI=1S/C22H36ClN5O/c1-4-12-25-20(29)11-13-26-22(24-5-2)27-16-18-9-7-14-28(3)21(18)17-8-6-10-19(23)15-17/h6,8,10,15,18,21H,4-5,7,9,11-14,16H2,1-3H3,(H,25,29)(H2,24,26,27). The molecule has 0 radical (unpaired) electrons. The molecule has 0 saturated carbocycles. The summed E-state index contributed by atoms with van der Waals surface area (Å²) in [7, 11) is 2.18. The summed E-state index contributed by atoms with van der Waals surface area (Å²) in [4.78, 5) is 19.0. The van der Waals surface area contributed by atoms with E-state index in [9.17, 15) is 4.79 Å². The van der Waals surface area contributed by atoms with Crippen LogP contribution in [0.2, 0.25) is 5.02 Å². The van der Waals surface area contributed by atoms with Gasteiger partial charge < -0.3 is 16.0 Å². The van der Waals surface area contributed by atoms with Gasteiger partial charge in [0.25, 0.3) is 0 Å². The molecule has 1 amide bonds. The van der Waals surface area contributed by atoms with Gasteiger partial charge >= 0.3 is 0 Å². The van der Waals surface area contributed by atoms with Gasteiger partial charge in [0.05, 0.1) is 0 Å². The van der Waals surface area contributed by atoms with E-state index >= 15 is 0 Å². The van der Waals surface area contributed by atoms with Gasteiger partial charge in [-0.2, -0.15) is 0 Å². The second kappa shape index (κ2) is 12.7. The SMILES string of the molecule is CCCNC(=O)CCNC(=NCC1CCCN(C)C1c1cccc(Cl)c1)NCC. The minimum Gasteiger partial charge on any atom is -0.357 e. The fraction of sp³-hybridized carbons (Fsp3) is 0.636. The Labute approximate surface area is 180 Å². The molecule has 29 heavy (non-hydrogen) atoms. The van der Waals surface area contributed by atoms with E-state index in [1.807, 2.05) is 26.0 Å². The molecule has 0 aromatic heterocycles. The quantitative estimate of drug-likeness (QED) is 0.423. The zero-order valence-corrected chi connectivity index (χ0v) is 18.8. The molecule has 1 saturated heterocycles. The lowest BCUT2D eigenvalue weighted by Gasteiger charge is -2.39. The van der Waals surface area contributed by atoms with E-state index in [0.717, 1.165) is 50.0 Å². The Bertz CT molecular complexity index is 666. The van der Waals surface area contributed by atoms with Crippen molar-refractivity contribution in [2.45, 2.75) is 45.6 Å². The van der Waals surface area contributed by atoms with Gasteiger partial charge in [0.1, 0.15) is 0 Å². The Hall–Kier alpha value is -1.79. The fourth-order valence-corrected chi connectivity index (χ4v) is 4.06. The molecular formula is C22H36ClN5O. The van der Waals surface area contributed by atoms with E-state index < -0.39 is 0 Å². The van der Waals surface area contributed by atoms with E-state index in [-0.39, 0.29) is 5.91 Å². The number of rotatable bonds is 9. The van der Waals surface area contributed by atoms with Gasteiger partial charge in [-0.25, -0.2) is 0 Å². The third kappa shape index (κ3) is 7.86. The molecule has 2 atom stereocenters. The number of nitrogens with zero attached hydrogens (tertiary/aromatic N) is 2. The van der Waals surface area contributed by atoms with Gasteiger partial charge in [-0.3, -0.25) is 14.7 Å². The molecule has 162 valence electrons. The molecule has 1 aromatic carbocycles. The maximum Gasteiger partial charge on any atom is 0.221 e. The largest absolute Gasteiger partial charge is 0.357 e. The van der Waals surface area contributed by atoms with Crippen LogP contribution in [0.4, 0.5) is 0 Å². The van der Waals surface area contributed by atoms with Crippen LogP contribution in [-0.2, 0) is 4.79 Å². The Morgan fingerprint density at radius 2 is 2.07 bits per heavy atom. The maximum atomic E-state index is 11.8. The summed E-state index contributed by atoms with van der Waals surface area (Å²) in [6.45, 7) is 8.01. The molecule has 1 aromatic rings. The third-order valence-electron chi connectivity index (χ3n) is 5.24. The van der Waals surface area contributed by atoms with Crippen LogP contribution < -0.4 is 16.0 Å². The summed E-state index contributed by atoms with van der Waals surface area (Å²) in [5.41, 5.74) is 1.26. The van der Waals surface area contributed by atoms with Crippen molar-refractivity contribution in [1.29, 1.82) is 0 Å². The van der Waals surface area contributed by atoms with Crippen LogP contribution in [0.1, 0.15) is 51.1 Å². The molecule has 2 rings (SSSR count). The number of carbonyl (C=O) groups is 1. The number of carbonyl (C=O) groups excluding carboxylic acids is 1. The lowest BCUT2D eigenvalue weighted by molar-refractivity contribution is -0.120. The number of halogens is 1. The van der Waals surface area contributed by atoms with Crippen molar-refractivity contribution in [3.63, 3.8) is 0 Å². The van der Waals surface area contributed by atoms with E-state index in [1.165, 1.54) is 12.0 Å². The van der Waals surface area contributed by atoms with Gasteiger partial charge in [0.2, 0.25) is 5.91 Å². The van der Waals surface area contributed by atoms with Crippen molar-refractivity contribution in [2.24, 2.45) is 10.9 Å². The molecule has 1 heterocycles. The number of nitrogens with one attached hydrogen (secondary N) is 3. The molecule has 1 aliphatic rings. The van der Waals surface area contributed by atoms with Gasteiger partial charge in [-0.05, 0) is 63.4 Å². The summed E-state index contributed by atoms with van der Waals surface area (Å²) in [6.07, 6.45) is 3.72. The monoisotopic (exact) mass is 421 g/mol. The van der Waals surface area contributed by atoms with Crippen LogP contribution in [-0.4, -0.2) is 56.5 Å². The molecule has 6 nitrogen and oxygen atoms in total. The number of amides is 1. The Balaban J connectivity index is 1.98. The Morgan fingerprint density at radius 3 is 2.79 bits per heavy atom. The van der Waals surface area contributed by atoms with Gasteiger partial charge in [-0.1, -0.05) is 30.7 Å². The van der Waals surface area contributed by atoms with E-state index in [1.54, 1.807) is 0 Å². The first-order valence-corrected chi connectivity index (χ1v) is 11.2. The average molecular weight is 422 g/mol. The first-order valence-electron chi connectivity index (χ1n) is 10.8. The second-order valence-electron chi connectivity index (χ2n) is 7.63. The van der Waals surface area contributed by atoms with Crippen LogP contribution in [0.15, 0.2) is 29.3 Å². The third-order valence-corrected chi connectivity index (χ3v) is 5.48. The molecule has 1 fully saturated rings. The van der Waals surface area contributed by atoms with E-state index in [4.69, 9.17) is 16.6 Å². The molecule has 3 N–H and O–H groups in total. The summed E-state index contributed by atoms with van der Waals surface area (Å²) in [5.74, 6) is 1.27. The van der Waals surface area contributed by atoms with Crippen LogP contribution in [0.5, 0.6) is 0 Å². The van der Waals surface area contributed by atoms with Crippen molar-refractivity contribution in [2.75, 3.05) is 39.8 Å². The normalized spacial score (nSPS) is 20.3. The Morgan fingerprint density at radius 1 is 1.24 bits per heavy atom. The van der Waals surface area contributed by atoms with Gasteiger partial charge in [0.15, 0.2) is 5.96 Å². The van der Waals surface area contributed by atoms with Crippen molar-refractivity contribution in [3.8, 4) is 0 Å². The van der Waals surface area contributed by atoms with Crippen molar-refractivity contribution in [3.05, 3.63) is 34.9 Å². The molecular weight excluding hydrogens is 386 g/mol. The summed E-state index contributed by atoms with van der Waals surface area (Å²) in [5, 5.41) is 10.2. The summed E-state index contributed by atoms with van der Waals surface area (Å²) in [6, 6.07) is 8.49. The number of hydrogen-bond donors (Lipinski definition) is 3. The number of likely N-dealkylation sites (tertiary alicyclic amines) is 1. The smallest absolute Gasteiger partial charge is 0.221 e. The van der Waals surface area contributed by atoms with Crippen LogP contribution in [0.3, 0.4) is 0 Å². The van der Waals surface area contributed by atoms with Crippen molar-refractivity contribution >= 4 is 23.5 Å². The minimum absolute atomic E-state index is 0.0742. The lowest BCUT2D eigenvalue weighted by atomic mass is 9.85. The minimum atomic E-state index is 0.0742. The average Bonchev–Trinajstić information content (AvgIpc) is 2.70. The highest BCUT2D eigenvalue weighted by Gasteiger charge is 2.30. The maximum absolute atomic E-state index is 11.8. The fourth-order valence-electron chi connectivity index (χ4n) is 3.87. The predicted octanol–water partition coefficient (Wildman–Crippen LogP) is 3.19. The van der Waals surface area contributed by atoms with Crippen molar-refractivity contribution in [1.82, 2.24) is 20.9 Å². The van der Waals surface area contributed by atoms with E-state index in [0.29, 0.717) is 24.9 Å². The van der Waals surface area contributed by atoms with E-state index in [2.05, 4.69) is 40.0 Å². The number of aliphatic imine (C=N–C) groups is 1. The number of guanidine groups is 1. The number of hydrogen-bond acceptors (Lipinski definition) is 3. The molecule has 1 aliphatic heterocycles. The highest BCUT2D eigenvalue weighted by atomic mass is 35.5. The molecule has 0 aliphatic carbocycles. The molecule has 0 bridgehead atoms. The first-order chi connectivity index (χ1) is 14.0. The first kappa shape index (κ1) is 23.5. The highest BCUT2D eigenvalue weighted by Crippen LogP contribution is 2.36. The topological polar surface area (TPSA) is 68.8 Å². The zero-order chi connectivity index (χ0) is 21.1.